The Morgan fingerprint density at radius 3 is 2.80 bits per heavy atom. The average molecular weight is 311 g/mol. The summed E-state index contributed by atoms with van der Waals surface area (Å²) < 4.78 is 5.55. The van der Waals surface area contributed by atoms with Gasteiger partial charge in [-0.1, -0.05) is 17.7 Å². The molecule has 1 aromatic carbocycles. The Balaban J connectivity index is 1.98. The Kier molecular flexibility index (Phi) is 4.62. The average Bonchev–Trinajstić information content (AvgIpc) is 2.68. The van der Waals surface area contributed by atoms with Gasteiger partial charge in [0.25, 0.3) is 5.91 Å². The van der Waals surface area contributed by atoms with E-state index in [2.05, 4.69) is 10.3 Å². The first-order valence-electron chi connectivity index (χ1n) is 6.13. The van der Waals surface area contributed by atoms with Gasteiger partial charge in [0.15, 0.2) is 11.2 Å². The molecule has 0 aliphatic rings. The molecule has 0 saturated heterocycles. The topological polar surface area (TPSA) is 51.2 Å². The van der Waals surface area contributed by atoms with Crippen LogP contribution in [0.1, 0.15) is 17.5 Å². The minimum atomic E-state index is -0.627. The van der Waals surface area contributed by atoms with Gasteiger partial charge in [-0.25, -0.2) is 4.98 Å². The highest BCUT2D eigenvalue weighted by molar-refractivity contribution is 7.15. The van der Waals surface area contributed by atoms with Gasteiger partial charge in [0, 0.05) is 9.90 Å². The van der Waals surface area contributed by atoms with Crippen molar-refractivity contribution in [2.45, 2.75) is 26.9 Å². The van der Waals surface area contributed by atoms with E-state index in [-0.39, 0.29) is 5.91 Å². The van der Waals surface area contributed by atoms with Gasteiger partial charge >= 0.3 is 0 Å². The zero-order chi connectivity index (χ0) is 14.7. The normalized spacial score (nSPS) is 12.0. The Bertz CT molecular complexity index is 608. The SMILES string of the molecule is Cc1nc(NC(=O)C(C)Oc2cccc(Cl)c2)sc1C. The highest BCUT2D eigenvalue weighted by Crippen LogP contribution is 2.22. The van der Waals surface area contributed by atoms with Crippen LogP contribution in [0.25, 0.3) is 0 Å². The summed E-state index contributed by atoms with van der Waals surface area (Å²) in [5.74, 6) is 0.324. The van der Waals surface area contributed by atoms with Crippen molar-refractivity contribution < 1.29 is 9.53 Å². The van der Waals surface area contributed by atoms with Crippen molar-refractivity contribution in [2.24, 2.45) is 0 Å². The predicted molar refractivity (Wildman–Crippen MR) is 81.8 cm³/mol. The summed E-state index contributed by atoms with van der Waals surface area (Å²) in [6, 6.07) is 6.95. The highest BCUT2D eigenvalue weighted by Gasteiger charge is 2.16. The molecule has 1 N–H and O–H groups in total. The number of carbonyl (C=O) groups excluding carboxylic acids is 1. The molecular formula is C14H15ClN2O2S. The molecule has 0 aliphatic carbocycles. The zero-order valence-electron chi connectivity index (χ0n) is 11.4. The molecule has 2 rings (SSSR count). The van der Waals surface area contributed by atoms with Gasteiger partial charge in [-0.3, -0.25) is 10.1 Å². The van der Waals surface area contributed by atoms with Crippen molar-refractivity contribution in [2.75, 3.05) is 5.32 Å². The van der Waals surface area contributed by atoms with Crippen LogP contribution in [0.2, 0.25) is 5.02 Å². The van der Waals surface area contributed by atoms with E-state index in [1.807, 2.05) is 13.8 Å². The Hall–Kier alpha value is -1.59. The lowest BCUT2D eigenvalue weighted by molar-refractivity contribution is -0.122. The number of anilines is 1. The molecular weight excluding hydrogens is 296 g/mol. The molecule has 1 heterocycles. The van der Waals surface area contributed by atoms with E-state index in [0.29, 0.717) is 15.9 Å². The molecule has 0 saturated carbocycles. The fourth-order valence-corrected chi connectivity index (χ4v) is 2.53. The molecule has 4 nitrogen and oxygen atoms in total. The number of ether oxygens (including phenoxy) is 1. The van der Waals surface area contributed by atoms with Crippen LogP contribution in [0, 0.1) is 13.8 Å². The van der Waals surface area contributed by atoms with Crippen LogP contribution in [0.5, 0.6) is 5.75 Å². The van der Waals surface area contributed by atoms with E-state index < -0.39 is 6.10 Å². The number of rotatable bonds is 4. The van der Waals surface area contributed by atoms with Crippen LogP contribution >= 0.6 is 22.9 Å². The van der Waals surface area contributed by atoms with Crippen LogP contribution in [0.3, 0.4) is 0 Å². The Morgan fingerprint density at radius 1 is 1.45 bits per heavy atom. The van der Waals surface area contributed by atoms with Gasteiger partial charge in [-0.15, -0.1) is 11.3 Å². The lowest BCUT2D eigenvalue weighted by Gasteiger charge is -2.13. The maximum absolute atomic E-state index is 12.0. The third-order valence-corrected chi connectivity index (χ3v) is 3.96. The number of benzene rings is 1. The maximum atomic E-state index is 12.0. The van der Waals surface area contributed by atoms with Gasteiger partial charge < -0.3 is 4.74 Å². The van der Waals surface area contributed by atoms with Crippen molar-refractivity contribution in [1.29, 1.82) is 0 Å². The Labute approximate surface area is 126 Å². The molecule has 0 spiro atoms. The number of hydrogen-bond acceptors (Lipinski definition) is 4. The summed E-state index contributed by atoms with van der Waals surface area (Å²) in [4.78, 5) is 17.4. The van der Waals surface area contributed by atoms with E-state index in [0.717, 1.165) is 10.6 Å². The van der Waals surface area contributed by atoms with E-state index >= 15 is 0 Å². The van der Waals surface area contributed by atoms with Crippen molar-refractivity contribution >= 4 is 34.0 Å². The summed E-state index contributed by atoms with van der Waals surface area (Å²) in [7, 11) is 0. The third-order valence-electron chi connectivity index (χ3n) is 2.74. The van der Waals surface area contributed by atoms with Gasteiger partial charge in [-0.2, -0.15) is 0 Å². The van der Waals surface area contributed by atoms with Gasteiger partial charge in [-0.05, 0) is 39.0 Å². The largest absolute Gasteiger partial charge is 0.481 e. The highest BCUT2D eigenvalue weighted by atomic mass is 35.5. The second-order valence-corrected chi connectivity index (χ2v) is 6.01. The fraction of sp³-hybridized carbons (Fsp3) is 0.286. The van der Waals surface area contributed by atoms with Crippen molar-refractivity contribution in [3.63, 3.8) is 0 Å². The number of hydrogen-bond donors (Lipinski definition) is 1. The van der Waals surface area contributed by atoms with Crippen molar-refractivity contribution in [3.8, 4) is 5.75 Å². The van der Waals surface area contributed by atoms with Crippen LogP contribution in [-0.2, 0) is 4.79 Å². The molecule has 1 aromatic heterocycles. The van der Waals surface area contributed by atoms with Crippen LogP contribution in [0.4, 0.5) is 5.13 Å². The third kappa shape index (κ3) is 3.71. The van der Waals surface area contributed by atoms with E-state index in [1.54, 1.807) is 31.2 Å². The zero-order valence-corrected chi connectivity index (χ0v) is 13.0. The second-order valence-electron chi connectivity index (χ2n) is 4.37. The first-order valence-corrected chi connectivity index (χ1v) is 7.32. The standard InChI is InChI=1S/C14H15ClN2O2S/c1-8-10(3)20-14(16-8)17-13(18)9(2)19-12-6-4-5-11(15)7-12/h4-7,9H,1-3H3,(H,16,17,18). The first kappa shape index (κ1) is 14.8. The van der Waals surface area contributed by atoms with E-state index in [9.17, 15) is 4.79 Å². The monoisotopic (exact) mass is 310 g/mol. The molecule has 0 fully saturated rings. The number of aryl methyl sites for hydroxylation is 2. The number of thiazole rings is 1. The minimum absolute atomic E-state index is 0.237. The second kappa shape index (κ2) is 6.24. The van der Waals surface area contributed by atoms with E-state index in [4.69, 9.17) is 16.3 Å². The van der Waals surface area contributed by atoms with Crippen LogP contribution in [-0.4, -0.2) is 17.0 Å². The summed E-state index contributed by atoms with van der Waals surface area (Å²) in [5, 5.41) is 3.91. The number of carbonyl (C=O) groups is 1. The fourth-order valence-electron chi connectivity index (χ4n) is 1.53. The lowest BCUT2D eigenvalue weighted by atomic mass is 10.3. The summed E-state index contributed by atoms with van der Waals surface area (Å²) in [6.45, 7) is 5.56. The number of nitrogens with one attached hydrogen (secondary N) is 1. The predicted octanol–water partition coefficient (Wildman–Crippen LogP) is 3.82. The molecule has 106 valence electrons. The van der Waals surface area contributed by atoms with Crippen molar-refractivity contribution in [1.82, 2.24) is 4.98 Å². The summed E-state index contributed by atoms with van der Waals surface area (Å²) in [5.41, 5.74) is 0.925. The molecule has 1 atom stereocenters. The quantitative estimate of drug-likeness (QED) is 0.934. The molecule has 0 aliphatic heterocycles. The summed E-state index contributed by atoms with van der Waals surface area (Å²) in [6.07, 6.45) is -0.627. The summed E-state index contributed by atoms with van der Waals surface area (Å²) >= 11 is 7.32. The smallest absolute Gasteiger partial charge is 0.266 e. The molecule has 1 amide bonds. The molecule has 6 heteroatoms. The Morgan fingerprint density at radius 2 is 2.20 bits per heavy atom. The van der Waals surface area contributed by atoms with Gasteiger partial charge in [0.2, 0.25) is 0 Å². The molecule has 20 heavy (non-hydrogen) atoms. The van der Waals surface area contributed by atoms with Gasteiger partial charge in [0.1, 0.15) is 5.75 Å². The first-order chi connectivity index (χ1) is 9.45. The molecule has 1 unspecified atom stereocenters. The molecule has 0 bridgehead atoms. The van der Waals surface area contributed by atoms with Gasteiger partial charge in [0.05, 0.1) is 5.69 Å². The van der Waals surface area contributed by atoms with Crippen LogP contribution in [0.15, 0.2) is 24.3 Å². The number of amides is 1. The molecule has 2 aromatic rings. The van der Waals surface area contributed by atoms with Crippen LogP contribution < -0.4 is 10.1 Å². The van der Waals surface area contributed by atoms with Crippen molar-refractivity contribution in [3.05, 3.63) is 39.9 Å². The number of halogens is 1. The van der Waals surface area contributed by atoms with E-state index in [1.165, 1.54) is 11.3 Å². The lowest BCUT2D eigenvalue weighted by Crippen LogP contribution is -2.30. The number of aromatic nitrogens is 1. The maximum Gasteiger partial charge on any atom is 0.266 e. The number of nitrogens with zero attached hydrogens (tertiary/aromatic N) is 1. The minimum Gasteiger partial charge on any atom is -0.481 e. The molecule has 0 radical (unpaired) electrons.